The van der Waals surface area contributed by atoms with E-state index in [1.165, 1.54) is 0 Å². The topological polar surface area (TPSA) is 91.6 Å². The summed E-state index contributed by atoms with van der Waals surface area (Å²) >= 11 is 1.59. The third-order valence-corrected chi connectivity index (χ3v) is 6.91. The lowest BCUT2D eigenvalue weighted by Crippen LogP contribution is -2.37. The molecule has 2 amide bonds. The van der Waals surface area contributed by atoms with E-state index < -0.39 is 0 Å². The number of nitrogens with zero attached hydrogens (tertiary/aromatic N) is 4. The van der Waals surface area contributed by atoms with E-state index in [1.54, 1.807) is 16.2 Å². The lowest BCUT2D eigenvalue weighted by atomic mass is 9.96. The molecule has 0 radical (unpaired) electrons. The molecule has 0 saturated carbocycles. The molecule has 32 heavy (non-hydrogen) atoms. The van der Waals surface area contributed by atoms with E-state index in [2.05, 4.69) is 20.4 Å². The van der Waals surface area contributed by atoms with Crippen molar-refractivity contribution in [3.05, 3.63) is 47.7 Å². The zero-order chi connectivity index (χ0) is 21.9. The van der Waals surface area contributed by atoms with Crippen LogP contribution in [0.25, 0.3) is 10.7 Å². The van der Waals surface area contributed by atoms with E-state index in [-0.39, 0.29) is 17.7 Å². The van der Waals surface area contributed by atoms with Gasteiger partial charge < -0.3 is 14.7 Å². The summed E-state index contributed by atoms with van der Waals surface area (Å²) in [6, 6.07) is 11.5. The lowest BCUT2D eigenvalue weighted by Gasteiger charge is -2.30. The monoisotopic (exact) mass is 451 g/mol. The van der Waals surface area contributed by atoms with Crippen molar-refractivity contribution in [2.24, 2.45) is 5.92 Å². The van der Waals surface area contributed by atoms with Crippen LogP contribution in [0.3, 0.4) is 0 Å². The van der Waals surface area contributed by atoms with Gasteiger partial charge in [0, 0.05) is 30.3 Å². The quantitative estimate of drug-likeness (QED) is 0.613. The second-order valence-electron chi connectivity index (χ2n) is 8.22. The Labute approximate surface area is 190 Å². The number of hydrogen-bond acceptors (Lipinski definition) is 7. The van der Waals surface area contributed by atoms with Crippen LogP contribution in [-0.4, -0.2) is 46.5 Å². The van der Waals surface area contributed by atoms with Gasteiger partial charge in [0.05, 0.1) is 11.4 Å². The maximum absolute atomic E-state index is 12.7. The van der Waals surface area contributed by atoms with Gasteiger partial charge in [-0.05, 0) is 68.1 Å². The molecule has 2 aliphatic heterocycles. The van der Waals surface area contributed by atoms with Gasteiger partial charge in [-0.3, -0.25) is 14.5 Å². The standard InChI is InChI=1S/C23H25N5O3S/c29-21-4-1-11-28(21)18-7-5-17(6-8-18)24-23(30)16-9-12-27(13-10-16)15-20-25-22(26-31-20)19-3-2-14-32-19/h2-3,5-8,14,16H,1,4,9-13,15H2,(H,24,30). The number of amides is 2. The van der Waals surface area contributed by atoms with Crippen molar-refractivity contribution < 1.29 is 14.1 Å². The fourth-order valence-corrected chi connectivity index (χ4v) is 4.91. The fourth-order valence-electron chi connectivity index (χ4n) is 4.26. The fraction of sp³-hybridized carbons (Fsp3) is 0.391. The number of thiophene rings is 1. The van der Waals surface area contributed by atoms with Crippen LogP contribution in [0.15, 0.2) is 46.3 Å². The van der Waals surface area contributed by atoms with Crippen LogP contribution in [0.5, 0.6) is 0 Å². The van der Waals surface area contributed by atoms with Crippen LogP contribution in [0.1, 0.15) is 31.6 Å². The smallest absolute Gasteiger partial charge is 0.241 e. The second-order valence-corrected chi connectivity index (χ2v) is 9.17. The predicted octanol–water partition coefficient (Wildman–Crippen LogP) is 3.78. The van der Waals surface area contributed by atoms with Gasteiger partial charge >= 0.3 is 0 Å². The van der Waals surface area contributed by atoms with Crippen molar-refractivity contribution >= 4 is 34.5 Å². The van der Waals surface area contributed by atoms with E-state index in [1.807, 2.05) is 41.8 Å². The van der Waals surface area contributed by atoms with Gasteiger partial charge in [0.1, 0.15) is 0 Å². The molecule has 1 aromatic carbocycles. The second kappa shape index (κ2) is 9.22. The first kappa shape index (κ1) is 20.8. The van der Waals surface area contributed by atoms with Crippen LogP contribution < -0.4 is 10.2 Å². The van der Waals surface area contributed by atoms with Gasteiger partial charge in [0.25, 0.3) is 0 Å². The van der Waals surface area contributed by atoms with Gasteiger partial charge in [-0.2, -0.15) is 4.98 Å². The first-order valence-electron chi connectivity index (χ1n) is 11.0. The van der Waals surface area contributed by atoms with Gasteiger partial charge in [0.2, 0.25) is 23.5 Å². The molecule has 0 unspecified atom stereocenters. The number of aromatic nitrogens is 2. The molecule has 166 valence electrons. The Bertz CT molecular complexity index is 1070. The molecule has 8 nitrogen and oxygen atoms in total. The highest BCUT2D eigenvalue weighted by atomic mass is 32.1. The minimum atomic E-state index is -0.0181. The highest BCUT2D eigenvalue weighted by Gasteiger charge is 2.26. The summed E-state index contributed by atoms with van der Waals surface area (Å²) < 4.78 is 5.40. The van der Waals surface area contributed by atoms with Crippen molar-refractivity contribution in [3.63, 3.8) is 0 Å². The van der Waals surface area contributed by atoms with E-state index in [4.69, 9.17) is 4.52 Å². The summed E-state index contributed by atoms with van der Waals surface area (Å²) in [6.07, 6.45) is 3.09. The number of hydrogen-bond donors (Lipinski definition) is 1. The number of benzene rings is 1. The summed E-state index contributed by atoms with van der Waals surface area (Å²) in [6.45, 7) is 2.99. The molecule has 9 heteroatoms. The molecule has 0 atom stereocenters. The van der Waals surface area contributed by atoms with E-state index in [9.17, 15) is 9.59 Å². The maximum atomic E-state index is 12.7. The lowest BCUT2D eigenvalue weighted by molar-refractivity contribution is -0.121. The number of piperidine rings is 1. The largest absolute Gasteiger partial charge is 0.338 e. The molecule has 0 aliphatic carbocycles. The molecular weight excluding hydrogens is 426 g/mol. The number of carbonyl (C=O) groups excluding carboxylic acids is 2. The Balaban J connectivity index is 1.10. The first-order chi connectivity index (χ1) is 15.7. The van der Waals surface area contributed by atoms with Gasteiger partial charge in [-0.25, -0.2) is 0 Å². The minimum Gasteiger partial charge on any atom is -0.338 e. The third-order valence-electron chi connectivity index (χ3n) is 6.05. The average Bonchev–Trinajstić information content (AvgIpc) is 3.57. The number of likely N-dealkylation sites (tertiary alicyclic amines) is 1. The molecule has 2 aromatic heterocycles. The SMILES string of the molecule is O=C(Nc1ccc(N2CCCC2=O)cc1)C1CCN(Cc2nc(-c3cccs3)no2)CC1. The van der Waals surface area contributed by atoms with Crippen LogP contribution in [-0.2, 0) is 16.1 Å². The highest BCUT2D eigenvalue weighted by molar-refractivity contribution is 7.13. The van der Waals surface area contributed by atoms with Crippen LogP contribution in [0.4, 0.5) is 11.4 Å². The highest BCUT2D eigenvalue weighted by Crippen LogP contribution is 2.26. The summed E-state index contributed by atoms with van der Waals surface area (Å²) in [5, 5.41) is 9.08. The summed E-state index contributed by atoms with van der Waals surface area (Å²) in [5.74, 6) is 1.43. The van der Waals surface area contributed by atoms with E-state index in [0.717, 1.165) is 55.1 Å². The van der Waals surface area contributed by atoms with Crippen LogP contribution >= 0.6 is 11.3 Å². The molecular formula is C23H25N5O3S. The number of carbonyl (C=O) groups is 2. The molecule has 0 spiro atoms. The normalized spacial score (nSPS) is 17.8. The molecule has 2 aliphatic rings. The van der Waals surface area contributed by atoms with Gasteiger partial charge in [-0.1, -0.05) is 11.2 Å². The zero-order valence-corrected chi connectivity index (χ0v) is 18.5. The molecule has 2 saturated heterocycles. The summed E-state index contributed by atoms with van der Waals surface area (Å²) in [5.41, 5.74) is 1.65. The zero-order valence-electron chi connectivity index (χ0n) is 17.7. The number of anilines is 2. The van der Waals surface area contributed by atoms with Gasteiger partial charge in [0.15, 0.2) is 0 Å². The van der Waals surface area contributed by atoms with E-state index >= 15 is 0 Å². The van der Waals surface area contributed by atoms with Crippen molar-refractivity contribution in [1.29, 1.82) is 0 Å². The van der Waals surface area contributed by atoms with E-state index in [0.29, 0.717) is 24.7 Å². The Morgan fingerprint density at radius 1 is 1.16 bits per heavy atom. The van der Waals surface area contributed by atoms with Crippen molar-refractivity contribution in [2.45, 2.75) is 32.2 Å². The van der Waals surface area contributed by atoms with Crippen molar-refractivity contribution in [2.75, 3.05) is 29.9 Å². The summed E-state index contributed by atoms with van der Waals surface area (Å²) in [7, 11) is 0. The molecule has 0 bridgehead atoms. The Hall–Kier alpha value is -3.04. The number of rotatable bonds is 6. The first-order valence-corrected chi connectivity index (χ1v) is 11.8. The Morgan fingerprint density at radius 2 is 1.97 bits per heavy atom. The third kappa shape index (κ3) is 4.58. The Kier molecular flexibility index (Phi) is 6.00. The predicted molar refractivity (Wildman–Crippen MR) is 122 cm³/mol. The molecule has 5 rings (SSSR count). The average molecular weight is 452 g/mol. The summed E-state index contributed by atoms with van der Waals surface area (Å²) in [4.78, 5) is 34.1. The van der Waals surface area contributed by atoms with Crippen molar-refractivity contribution in [3.8, 4) is 10.7 Å². The van der Waals surface area contributed by atoms with Crippen LogP contribution in [0.2, 0.25) is 0 Å². The minimum absolute atomic E-state index is 0.0181. The molecule has 3 aromatic rings. The maximum Gasteiger partial charge on any atom is 0.241 e. The molecule has 1 N–H and O–H groups in total. The Morgan fingerprint density at radius 3 is 2.66 bits per heavy atom. The van der Waals surface area contributed by atoms with Gasteiger partial charge in [-0.15, -0.1) is 11.3 Å². The number of nitrogens with one attached hydrogen (secondary N) is 1. The van der Waals surface area contributed by atoms with Crippen molar-refractivity contribution in [1.82, 2.24) is 15.0 Å². The van der Waals surface area contributed by atoms with Crippen LogP contribution in [0, 0.1) is 5.92 Å². The molecule has 4 heterocycles. The molecule has 2 fully saturated rings.